The monoisotopic (exact) mass is 503 g/mol. The molecule has 11 heteroatoms. The first-order chi connectivity index (χ1) is 16.8. The van der Waals surface area contributed by atoms with Crippen LogP contribution in [0, 0.1) is 5.82 Å². The second-order valence-corrected chi connectivity index (χ2v) is 8.57. The standard InChI is InChI=1S/C24H24ClF2N5O3/c1-30-7-9-32(10-8-30)24(34)17-5-3-15(11-19(17)25)29-23(33)22-28-13-21(31(22)2)18-6-4-16(35-14-26)12-20(18)27/h3-6,11-13H,7-10,14H2,1-2H3,(H,29,33). The molecule has 0 aliphatic carbocycles. The van der Waals surface area contributed by atoms with Gasteiger partial charge in [0.15, 0.2) is 5.82 Å². The highest BCUT2D eigenvalue weighted by molar-refractivity contribution is 6.34. The number of piperazine rings is 1. The number of likely N-dealkylation sites (N-methyl/N-ethyl adjacent to an activating group) is 1. The topological polar surface area (TPSA) is 79.7 Å². The second kappa shape index (κ2) is 10.4. The highest BCUT2D eigenvalue weighted by Crippen LogP contribution is 2.28. The summed E-state index contributed by atoms with van der Waals surface area (Å²) in [5, 5.41) is 2.93. The largest absolute Gasteiger partial charge is 0.463 e. The zero-order chi connectivity index (χ0) is 25.1. The van der Waals surface area contributed by atoms with Gasteiger partial charge < -0.3 is 24.4 Å². The minimum atomic E-state index is -1.07. The molecule has 35 heavy (non-hydrogen) atoms. The Kier molecular flexibility index (Phi) is 7.32. The highest BCUT2D eigenvalue weighted by atomic mass is 35.5. The molecule has 2 aromatic carbocycles. The number of anilines is 1. The molecule has 3 aromatic rings. The number of imidazole rings is 1. The molecule has 2 heterocycles. The number of nitrogens with zero attached hydrogens (tertiary/aromatic N) is 4. The van der Waals surface area contributed by atoms with E-state index in [1.165, 1.54) is 29.0 Å². The molecule has 184 valence electrons. The quantitative estimate of drug-likeness (QED) is 0.553. The molecular formula is C24H24ClF2N5O3. The number of hydrogen-bond donors (Lipinski definition) is 1. The summed E-state index contributed by atoms with van der Waals surface area (Å²) >= 11 is 6.36. The predicted octanol–water partition coefficient (Wildman–Crippen LogP) is 3.83. The number of halogens is 3. The van der Waals surface area contributed by atoms with Gasteiger partial charge in [-0.3, -0.25) is 9.59 Å². The SMILES string of the molecule is CN1CCN(C(=O)c2ccc(NC(=O)c3ncc(-c4ccc(OCF)cc4F)n3C)cc2Cl)CC1. The summed E-state index contributed by atoms with van der Waals surface area (Å²) < 4.78 is 32.9. The van der Waals surface area contributed by atoms with E-state index in [9.17, 15) is 18.4 Å². The van der Waals surface area contributed by atoms with E-state index in [0.29, 0.717) is 30.0 Å². The lowest BCUT2D eigenvalue weighted by Gasteiger charge is -2.32. The average Bonchev–Trinajstić information content (AvgIpc) is 3.21. The Labute approximate surface area is 206 Å². The average molecular weight is 504 g/mol. The van der Waals surface area contributed by atoms with Crippen LogP contribution in [0.2, 0.25) is 5.02 Å². The number of amides is 2. The van der Waals surface area contributed by atoms with Crippen molar-refractivity contribution in [3.63, 3.8) is 0 Å². The molecule has 0 bridgehead atoms. The number of benzene rings is 2. The molecule has 1 aliphatic rings. The Bertz CT molecular complexity index is 1260. The third kappa shape index (κ3) is 5.28. The van der Waals surface area contributed by atoms with Gasteiger partial charge in [0.1, 0.15) is 11.6 Å². The Morgan fingerprint density at radius 1 is 1.11 bits per heavy atom. The third-order valence-corrected chi connectivity index (χ3v) is 6.19. The summed E-state index contributed by atoms with van der Waals surface area (Å²) in [7, 11) is 3.58. The second-order valence-electron chi connectivity index (χ2n) is 8.17. The van der Waals surface area contributed by atoms with Crippen molar-refractivity contribution in [2.75, 3.05) is 45.4 Å². The first kappa shape index (κ1) is 24.6. The number of hydrogen-bond acceptors (Lipinski definition) is 5. The predicted molar refractivity (Wildman–Crippen MR) is 128 cm³/mol. The molecule has 2 amide bonds. The lowest BCUT2D eigenvalue weighted by atomic mass is 10.1. The van der Waals surface area contributed by atoms with Crippen LogP contribution in [0.15, 0.2) is 42.6 Å². The van der Waals surface area contributed by atoms with Crippen LogP contribution in [-0.2, 0) is 7.05 Å². The summed E-state index contributed by atoms with van der Waals surface area (Å²) in [5.41, 5.74) is 1.29. The van der Waals surface area contributed by atoms with E-state index in [4.69, 9.17) is 11.6 Å². The number of alkyl halides is 1. The summed E-state index contributed by atoms with van der Waals surface area (Å²) in [6.45, 7) is 1.77. The van der Waals surface area contributed by atoms with Gasteiger partial charge in [0, 0.05) is 50.5 Å². The number of aromatic nitrogens is 2. The van der Waals surface area contributed by atoms with Crippen molar-refractivity contribution in [2.24, 2.45) is 7.05 Å². The van der Waals surface area contributed by atoms with Crippen LogP contribution in [0.4, 0.5) is 14.5 Å². The summed E-state index contributed by atoms with van der Waals surface area (Å²) in [6, 6.07) is 8.61. The molecule has 1 N–H and O–H groups in total. The van der Waals surface area contributed by atoms with E-state index in [1.807, 2.05) is 7.05 Å². The van der Waals surface area contributed by atoms with Crippen molar-refractivity contribution in [3.8, 4) is 17.0 Å². The van der Waals surface area contributed by atoms with Crippen LogP contribution in [0.5, 0.6) is 5.75 Å². The number of rotatable bonds is 6. The molecule has 8 nitrogen and oxygen atoms in total. The molecule has 0 atom stereocenters. The molecule has 1 aromatic heterocycles. The van der Waals surface area contributed by atoms with Crippen molar-refractivity contribution in [3.05, 3.63) is 64.8 Å². The zero-order valence-electron chi connectivity index (χ0n) is 19.2. The van der Waals surface area contributed by atoms with E-state index >= 15 is 0 Å². The van der Waals surface area contributed by atoms with Gasteiger partial charge >= 0.3 is 0 Å². The number of ether oxygens (including phenoxy) is 1. The maximum atomic E-state index is 14.5. The van der Waals surface area contributed by atoms with Crippen LogP contribution >= 0.6 is 11.6 Å². The third-order valence-electron chi connectivity index (χ3n) is 5.88. The van der Waals surface area contributed by atoms with Crippen LogP contribution in [-0.4, -0.2) is 71.3 Å². The Morgan fingerprint density at radius 3 is 2.51 bits per heavy atom. The molecule has 0 unspecified atom stereocenters. The number of nitrogens with one attached hydrogen (secondary N) is 1. The minimum Gasteiger partial charge on any atom is -0.463 e. The molecule has 0 spiro atoms. The van der Waals surface area contributed by atoms with Gasteiger partial charge in [0.2, 0.25) is 6.86 Å². The smallest absolute Gasteiger partial charge is 0.291 e. The summed E-state index contributed by atoms with van der Waals surface area (Å²) in [6.07, 6.45) is 1.37. The lowest BCUT2D eigenvalue weighted by molar-refractivity contribution is 0.0664. The van der Waals surface area contributed by atoms with Crippen LogP contribution in [0.25, 0.3) is 11.3 Å². The maximum absolute atomic E-state index is 14.5. The fourth-order valence-electron chi connectivity index (χ4n) is 3.86. The van der Waals surface area contributed by atoms with Gasteiger partial charge in [-0.25, -0.2) is 13.8 Å². The molecular weight excluding hydrogens is 480 g/mol. The summed E-state index contributed by atoms with van der Waals surface area (Å²) in [5.74, 6) is -1.23. The van der Waals surface area contributed by atoms with E-state index in [-0.39, 0.29) is 28.1 Å². The van der Waals surface area contributed by atoms with E-state index < -0.39 is 18.6 Å². The molecule has 1 saturated heterocycles. The molecule has 1 fully saturated rings. The van der Waals surface area contributed by atoms with Crippen molar-refractivity contribution < 1.29 is 23.1 Å². The van der Waals surface area contributed by atoms with Crippen LogP contribution in [0.3, 0.4) is 0 Å². The lowest BCUT2D eigenvalue weighted by Crippen LogP contribution is -2.47. The first-order valence-corrected chi connectivity index (χ1v) is 11.3. The summed E-state index contributed by atoms with van der Waals surface area (Å²) in [4.78, 5) is 33.7. The van der Waals surface area contributed by atoms with Crippen LogP contribution in [0.1, 0.15) is 21.0 Å². The Balaban J connectivity index is 1.48. The Hall–Kier alpha value is -3.50. The molecule has 4 rings (SSSR count). The van der Waals surface area contributed by atoms with Gasteiger partial charge in [-0.05, 0) is 37.4 Å². The normalized spacial score (nSPS) is 14.1. The van der Waals surface area contributed by atoms with Gasteiger partial charge in [-0.1, -0.05) is 11.6 Å². The van der Waals surface area contributed by atoms with E-state index in [2.05, 4.69) is 19.9 Å². The van der Waals surface area contributed by atoms with Crippen molar-refractivity contribution in [1.29, 1.82) is 0 Å². The van der Waals surface area contributed by atoms with Gasteiger partial charge in [-0.15, -0.1) is 0 Å². The van der Waals surface area contributed by atoms with Crippen LogP contribution < -0.4 is 10.1 Å². The molecule has 0 saturated carbocycles. The fourth-order valence-corrected chi connectivity index (χ4v) is 4.12. The number of carbonyl (C=O) groups excluding carboxylic acids is 2. The fraction of sp³-hybridized carbons (Fsp3) is 0.292. The van der Waals surface area contributed by atoms with Gasteiger partial charge in [0.05, 0.1) is 22.5 Å². The van der Waals surface area contributed by atoms with Gasteiger partial charge in [0.25, 0.3) is 11.8 Å². The van der Waals surface area contributed by atoms with E-state index in [0.717, 1.165) is 19.2 Å². The first-order valence-electron chi connectivity index (χ1n) is 10.9. The maximum Gasteiger partial charge on any atom is 0.291 e. The van der Waals surface area contributed by atoms with Gasteiger partial charge in [-0.2, -0.15) is 0 Å². The van der Waals surface area contributed by atoms with Crippen molar-refractivity contribution >= 4 is 29.1 Å². The Morgan fingerprint density at radius 2 is 1.86 bits per heavy atom. The number of carbonyl (C=O) groups is 2. The zero-order valence-corrected chi connectivity index (χ0v) is 20.0. The molecule has 0 radical (unpaired) electrons. The molecule has 1 aliphatic heterocycles. The highest BCUT2D eigenvalue weighted by Gasteiger charge is 2.23. The minimum absolute atomic E-state index is 0.0391. The van der Waals surface area contributed by atoms with E-state index in [1.54, 1.807) is 24.1 Å². The van der Waals surface area contributed by atoms with Crippen molar-refractivity contribution in [1.82, 2.24) is 19.4 Å². The van der Waals surface area contributed by atoms with Crippen molar-refractivity contribution in [2.45, 2.75) is 0 Å².